The van der Waals surface area contributed by atoms with Gasteiger partial charge in [-0.1, -0.05) is 6.07 Å². The summed E-state index contributed by atoms with van der Waals surface area (Å²) in [6, 6.07) is 9.27. The maximum absolute atomic E-state index is 13.4. The standard InChI is InChI=1S/C14H6FNO2S/c15-10-4-8-6-11(12-2-1-3-19-12)14(17)18-13(8)9(5-10)7-16/h1-6H. The van der Waals surface area contributed by atoms with Crippen LogP contribution in [0.2, 0.25) is 0 Å². The Kier molecular flexibility index (Phi) is 2.65. The van der Waals surface area contributed by atoms with Crippen molar-refractivity contribution in [2.45, 2.75) is 0 Å². The molecule has 2 aromatic heterocycles. The second kappa shape index (κ2) is 4.34. The summed E-state index contributed by atoms with van der Waals surface area (Å²) >= 11 is 1.39. The van der Waals surface area contributed by atoms with Crippen LogP contribution in [0, 0.1) is 17.1 Å². The van der Waals surface area contributed by atoms with Gasteiger partial charge in [-0.3, -0.25) is 0 Å². The van der Waals surface area contributed by atoms with Gasteiger partial charge in [0.25, 0.3) is 0 Å². The van der Waals surface area contributed by atoms with Gasteiger partial charge in [-0.15, -0.1) is 11.3 Å². The molecule has 3 nitrogen and oxygen atoms in total. The van der Waals surface area contributed by atoms with Gasteiger partial charge in [0.15, 0.2) is 5.58 Å². The predicted octanol–water partition coefficient (Wildman–Crippen LogP) is 3.53. The van der Waals surface area contributed by atoms with Crippen LogP contribution in [0.5, 0.6) is 0 Å². The Hall–Kier alpha value is -2.45. The molecule has 0 atom stereocenters. The van der Waals surface area contributed by atoms with Crippen LogP contribution in [0.15, 0.2) is 44.9 Å². The molecule has 0 bridgehead atoms. The Morgan fingerprint density at radius 2 is 2.16 bits per heavy atom. The van der Waals surface area contributed by atoms with Crippen LogP contribution in [-0.2, 0) is 0 Å². The molecule has 0 aliphatic carbocycles. The minimum Gasteiger partial charge on any atom is -0.421 e. The van der Waals surface area contributed by atoms with E-state index >= 15 is 0 Å². The van der Waals surface area contributed by atoms with Crippen molar-refractivity contribution in [3.05, 3.63) is 57.5 Å². The molecule has 0 aliphatic heterocycles. The van der Waals surface area contributed by atoms with E-state index < -0.39 is 11.4 Å². The summed E-state index contributed by atoms with van der Waals surface area (Å²) in [5.74, 6) is -0.532. The number of thiophene rings is 1. The van der Waals surface area contributed by atoms with Crippen LogP contribution < -0.4 is 5.63 Å². The first-order valence-electron chi connectivity index (χ1n) is 5.40. The second-order valence-corrected chi connectivity index (χ2v) is 4.86. The van der Waals surface area contributed by atoms with Crippen molar-refractivity contribution in [2.24, 2.45) is 0 Å². The van der Waals surface area contributed by atoms with Crippen molar-refractivity contribution >= 4 is 22.3 Å². The molecule has 92 valence electrons. The monoisotopic (exact) mass is 271 g/mol. The molecule has 0 unspecified atom stereocenters. The van der Waals surface area contributed by atoms with Crippen LogP contribution in [0.4, 0.5) is 4.39 Å². The number of hydrogen-bond acceptors (Lipinski definition) is 4. The van der Waals surface area contributed by atoms with Crippen LogP contribution in [-0.4, -0.2) is 0 Å². The SMILES string of the molecule is N#Cc1cc(F)cc2cc(-c3cccs3)c(=O)oc12. The van der Waals surface area contributed by atoms with Gasteiger partial charge in [0.2, 0.25) is 0 Å². The topological polar surface area (TPSA) is 54.0 Å². The molecule has 0 spiro atoms. The van der Waals surface area contributed by atoms with Gasteiger partial charge in [0.05, 0.1) is 11.1 Å². The van der Waals surface area contributed by atoms with Crippen molar-refractivity contribution in [1.82, 2.24) is 0 Å². The normalized spacial score (nSPS) is 10.5. The summed E-state index contributed by atoms with van der Waals surface area (Å²) in [5, 5.41) is 11.2. The van der Waals surface area contributed by atoms with E-state index in [0.29, 0.717) is 10.9 Å². The molecule has 3 aromatic rings. The maximum Gasteiger partial charge on any atom is 0.345 e. The number of nitrogens with zero attached hydrogens (tertiary/aromatic N) is 1. The maximum atomic E-state index is 13.4. The molecule has 0 amide bonds. The summed E-state index contributed by atoms with van der Waals surface area (Å²) in [7, 11) is 0. The lowest BCUT2D eigenvalue weighted by Crippen LogP contribution is -2.02. The van der Waals surface area contributed by atoms with E-state index in [0.717, 1.165) is 10.9 Å². The fraction of sp³-hybridized carbons (Fsp3) is 0. The largest absolute Gasteiger partial charge is 0.421 e. The first-order chi connectivity index (χ1) is 9.19. The molecule has 0 N–H and O–H groups in total. The fourth-order valence-electron chi connectivity index (χ4n) is 1.88. The molecular formula is C14H6FNO2S. The van der Waals surface area contributed by atoms with E-state index in [1.54, 1.807) is 12.1 Å². The van der Waals surface area contributed by atoms with E-state index in [1.165, 1.54) is 17.4 Å². The van der Waals surface area contributed by atoms with Gasteiger partial charge in [-0.25, -0.2) is 9.18 Å². The zero-order valence-corrected chi connectivity index (χ0v) is 10.3. The van der Waals surface area contributed by atoms with E-state index in [-0.39, 0.29) is 11.1 Å². The number of hydrogen-bond donors (Lipinski definition) is 0. The minimum absolute atomic E-state index is 0.0184. The third-order valence-corrected chi connectivity index (χ3v) is 3.61. The van der Waals surface area contributed by atoms with Crippen molar-refractivity contribution in [2.75, 3.05) is 0 Å². The highest BCUT2D eigenvalue weighted by atomic mass is 32.1. The summed E-state index contributed by atoms with van der Waals surface area (Å²) in [5.41, 5.74) is -0.0194. The first kappa shape index (κ1) is 11.6. The molecule has 0 saturated carbocycles. The third-order valence-electron chi connectivity index (χ3n) is 2.70. The highest BCUT2D eigenvalue weighted by molar-refractivity contribution is 7.13. The van der Waals surface area contributed by atoms with Gasteiger partial charge < -0.3 is 4.42 Å². The molecule has 1 aromatic carbocycles. The lowest BCUT2D eigenvalue weighted by Gasteiger charge is -2.02. The second-order valence-electron chi connectivity index (χ2n) is 3.91. The van der Waals surface area contributed by atoms with Crippen molar-refractivity contribution in [3.63, 3.8) is 0 Å². The quantitative estimate of drug-likeness (QED) is 0.636. The lowest BCUT2D eigenvalue weighted by atomic mass is 10.1. The minimum atomic E-state index is -0.532. The average Bonchev–Trinajstić information content (AvgIpc) is 2.91. The van der Waals surface area contributed by atoms with Crippen molar-refractivity contribution < 1.29 is 8.81 Å². The Labute approximate surface area is 111 Å². The predicted molar refractivity (Wildman–Crippen MR) is 70.5 cm³/mol. The zero-order chi connectivity index (χ0) is 13.4. The number of benzene rings is 1. The van der Waals surface area contributed by atoms with Gasteiger partial charge in [0.1, 0.15) is 11.9 Å². The van der Waals surface area contributed by atoms with E-state index in [1.807, 2.05) is 17.5 Å². The molecular weight excluding hydrogens is 265 g/mol. The molecule has 2 heterocycles. The van der Waals surface area contributed by atoms with Crippen LogP contribution in [0.1, 0.15) is 5.56 Å². The van der Waals surface area contributed by atoms with Crippen LogP contribution in [0.25, 0.3) is 21.4 Å². The number of nitriles is 1. The number of fused-ring (bicyclic) bond motifs is 1. The molecule has 19 heavy (non-hydrogen) atoms. The Balaban J connectivity index is 2.39. The first-order valence-corrected chi connectivity index (χ1v) is 6.28. The van der Waals surface area contributed by atoms with Crippen LogP contribution >= 0.6 is 11.3 Å². The average molecular weight is 271 g/mol. The van der Waals surface area contributed by atoms with Crippen LogP contribution in [0.3, 0.4) is 0 Å². The third kappa shape index (κ3) is 1.92. The van der Waals surface area contributed by atoms with Crippen molar-refractivity contribution in [1.29, 1.82) is 5.26 Å². The molecule has 0 fully saturated rings. The van der Waals surface area contributed by atoms with Gasteiger partial charge in [-0.2, -0.15) is 5.26 Å². The van der Waals surface area contributed by atoms with Gasteiger partial charge >= 0.3 is 5.63 Å². The zero-order valence-electron chi connectivity index (χ0n) is 9.51. The van der Waals surface area contributed by atoms with E-state index in [4.69, 9.17) is 9.68 Å². The van der Waals surface area contributed by atoms with E-state index in [9.17, 15) is 9.18 Å². The highest BCUT2D eigenvalue weighted by Crippen LogP contribution is 2.26. The summed E-state index contributed by atoms with van der Waals surface area (Å²) in [4.78, 5) is 12.7. The van der Waals surface area contributed by atoms with Crippen molar-refractivity contribution in [3.8, 4) is 16.5 Å². The number of rotatable bonds is 1. The Morgan fingerprint density at radius 1 is 1.32 bits per heavy atom. The Morgan fingerprint density at radius 3 is 2.84 bits per heavy atom. The lowest BCUT2D eigenvalue weighted by molar-refractivity contribution is 0.560. The molecule has 0 saturated heterocycles. The Bertz CT molecular complexity index is 860. The fourth-order valence-corrected chi connectivity index (χ4v) is 2.61. The smallest absolute Gasteiger partial charge is 0.345 e. The van der Waals surface area contributed by atoms with Gasteiger partial charge in [-0.05, 0) is 29.6 Å². The molecule has 0 aliphatic rings. The number of halogens is 1. The van der Waals surface area contributed by atoms with E-state index in [2.05, 4.69) is 0 Å². The van der Waals surface area contributed by atoms with Gasteiger partial charge in [0, 0.05) is 10.3 Å². The summed E-state index contributed by atoms with van der Waals surface area (Å²) in [6.07, 6.45) is 0. The molecule has 5 heteroatoms. The highest BCUT2D eigenvalue weighted by Gasteiger charge is 2.12. The molecule has 3 rings (SSSR count). The summed E-state index contributed by atoms with van der Waals surface area (Å²) < 4.78 is 18.5. The molecule has 0 radical (unpaired) electrons. The summed E-state index contributed by atoms with van der Waals surface area (Å²) in [6.45, 7) is 0.